The number of hydrogen-bond donors (Lipinski definition) is 2. The normalized spacial score (nSPS) is 20.9. The Morgan fingerprint density at radius 2 is 2.09 bits per heavy atom. The number of hydrogen-bond acceptors (Lipinski definition) is 6. The van der Waals surface area contributed by atoms with E-state index in [0.29, 0.717) is 23.1 Å². The van der Waals surface area contributed by atoms with E-state index in [2.05, 4.69) is 15.6 Å². The van der Waals surface area contributed by atoms with Crippen molar-refractivity contribution in [2.75, 3.05) is 24.4 Å². The number of rotatable bonds is 8. The second kappa shape index (κ2) is 10.2. The average Bonchev–Trinajstić information content (AvgIpc) is 3.43. The van der Waals surface area contributed by atoms with E-state index < -0.39 is 11.7 Å². The van der Waals surface area contributed by atoms with Gasteiger partial charge in [-0.25, -0.2) is 14.4 Å². The molecule has 2 fully saturated rings. The quantitative estimate of drug-likeness (QED) is 0.401. The number of ether oxygens (including phenoxy) is 2. The molecule has 3 unspecified atom stereocenters. The van der Waals surface area contributed by atoms with Gasteiger partial charge in [-0.3, -0.25) is 4.79 Å². The van der Waals surface area contributed by atoms with Crippen molar-refractivity contribution in [3.8, 4) is 5.75 Å². The number of nitrogens with one attached hydrogen (secondary N) is 2. The highest BCUT2D eigenvalue weighted by atomic mass is 35.5. The first-order chi connectivity index (χ1) is 17.0. The first-order valence-electron chi connectivity index (χ1n) is 11.7. The van der Waals surface area contributed by atoms with E-state index in [9.17, 15) is 9.18 Å². The van der Waals surface area contributed by atoms with Crippen LogP contribution in [0.25, 0.3) is 0 Å². The fourth-order valence-electron chi connectivity index (χ4n) is 4.53. The van der Waals surface area contributed by atoms with Crippen molar-refractivity contribution in [3.05, 3.63) is 70.8 Å². The standard InChI is InChI=1S/C26H26ClFN4O3/c1-34-17-9-7-16(8-10-17)30-26-29-14-20(25(33)31-24-21(27)5-2-6-22(24)28)23(32-26)19-13-15(19)12-18-4-3-11-35-18/h2,5-10,14-15,18-19H,3-4,11-13H2,1H3,(H,31,33)(H,29,30,32). The van der Waals surface area contributed by atoms with Gasteiger partial charge in [0.2, 0.25) is 5.95 Å². The molecule has 0 radical (unpaired) electrons. The summed E-state index contributed by atoms with van der Waals surface area (Å²) in [5.74, 6) is 0.514. The molecule has 0 spiro atoms. The van der Waals surface area contributed by atoms with E-state index in [4.69, 9.17) is 26.1 Å². The van der Waals surface area contributed by atoms with Crippen LogP contribution in [0.5, 0.6) is 5.75 Å². The van der Waals surface area contributed by atoms with Gasteiger partial charge >= 0.3 is 0 Å². The molecule has 1 saturated carbocycles. The molecule has 35 heavy (non-hydrogen) atoms. The zero-order chi connectivity index (χ0) is 24.4. The van der Waals surface area contributed by atoms with Crippen LogP contribution in [0, 0.1) is 11.7 Å². The molecule has 2 aromatic carbocycles. The molecule has 3 aromatic rings. The van der Waals surface area contributed by atoms with Gasteiger partial charge in [0.15, 0.2) is 0 Å². The van der Waals surface area contributed by atoms with Crippen LogP contribution < -0.4 is 15.4 Å². The van der Waals surface area contributed by atoms with Crippen molar-refractivity contribution in [3.63, 3.8) is 0 Å². The van der Waals surface area contributed by atoms with Crippen molar-refractivity contribution in [2.24, 2.45) is 5.92 Å². The molecule has 0 bridgehead atoms. The topological polar surface area (TPSA) is 85.4 Å². The molecule has 1 aliphatic heterocycles. The van der Waals surface area contributed by atoms with Crippen molar-refractivity contribution in [2.45, 2.75) is 37.7 Å². The average molecular weight is 497 g/mol. The number of anilines is 3. The smallest absolute Gasteiger partial charge is 0.259 e. The Kier molecular flexibility index (Phi) is 6.83. The summed E-state index contributed by atoms with van der Waals surface area (Å²) in [6, 6.07) is 11.7. The molecule has 2 aliphatic rings. The maximum absolute atomic E-state index is 14.3. The van der Waals surface area contributed by atoms with Crippen LogP contribution in [0.3, 0.4) is 0 Å². The van der Waals surface area contributed by atoms with Crippen LogP contribution in [-0.2, 0) is 4.74 Å². The second-order valence-corrected chi connectivity index (χ2v) is 9.28. The summed E-state index contributed by atoms with van der Waals surface area (Å²) < 4.78 is 25.3. The number of benzene rings is 2. The van der Waals surface area contributed by atoms with Crippen molar-refractivity contribution >= 4 is 34.8 Å². The predicted molar refractivity (Wildman–Crippen MR) is 132 cm³/mol. The lowest BCUT2D eigenvalue weighted by Gasteiger charge is -2.14. The van der Waals surface area contributed by atoms with E-state index in [1.165, 1.54) is 24.4 Å². The fourth-order valence-corrected chi connectivity index (χ4v) is 4.74. The molecular formula is C26H26ClFN4O3. The maximum atomic E-state index is 14.3. The maximum Gasteiger partial charge on any atom is 0.259 e. The summed E-state index contributed by atoms with van der Waals surface area (Å²) in [5.41, 5.74) is 1.68. The summed E-state index contributed by atoms with van der Waals surface area (Å²) in [6.45, 7) is 0.808. The van der Waals surface area contributed by atoms with Gasteiger partial charge in [0, 0.05) is 24.4 Å². The van der Waals surface area contributed by atoms with Gasteiger partial charge in [-0.15, -0.1) is 0 Å². The number of carbonyl (C=O) groups excluding carboxylic acids is 1. The number of halogens is 2. The molecule has 9 heteroatoms. The summed E-state index contributed by atoms with van der Waals surface area (Å²) in [4.78, 5) is 22.3. The number of amides is 1. The summed E-state index contributed by atoms with van der Waals surface area (Å²) in [6.07, 6.45) is 5.76. The molecule has 1 saturated heterocycles. The van der Waals surface area contributed by atoms with Gasteiger partial charge in [0.1, 0.15) is 11.6 Å². The lowest BCUT2D eigenvalue weighted by atomic mass is 10.0. The third kappa shape index (κ3) is 5.39. The second-order valence-electron chi connectivity index (χ2n) is 8.87. The van der Waals surface area contributed by atoms with Crippen molar-refractivity contribution in [1.82, 2.24) is 9.97 Å². The number of nitrogens with zero attached hydrogens (tertiary/aromatic N) is 2. The predicted octanol–water partition coefficient (Wildman–Crippen LogP) is 5.95. The van der Waals surface area contributed by atoms with Gasteiger partial charge < -0.3 is 20.1 Å². The van der Waals surface area contributed by atoms with Crippen LogP contribution in [0.2, 0.25) is 5.02 Å². The summed E-state index contributed by atoms with van der Waals surface area (Å²) >= 11 is 6.11. The Bertz CT molecular complexity index is 1200. The fraction of sp³-hybridized carbons (Fsp3) is 0.346. The first-order valence-corrected chi connectivity index (χ1v) is 12.0. The Morgan fingerprint density at radius 1 is 1.26 bits per heavy atom. The van der Waals surface area contributed by atoms with Crippen molar-refractivity contribution in [1.29, 1.82) is 0 Å². The SMILES string of the molecule is COc1ccc(Nc2ncc(C(=O)Nc3c(F)cccc3Cl)c(C3CC3CC3CCCO3)n2)cc1. The number of methoxy groups -OCH3 is 1. The van der Waals surface area contributed by atoms with Crippen LogP contribution in [0.15, 0.2) is 48.7 Å². The Hall–Kier alpha value is -3.23. The third-order valence-corrected chi connectivity index (χ3v) is 6.79. The van der Waals surface area contributed by atoms with Crippen LogP contribution in [-0.4, -0.2) is 35.7 Å². The largest absolute Gasteiger partial charge is 0.497 e. The van der Waals surface area contributed by atoms with Gasteiger partial charge in [-0.05, 0) is 68.0 Å². The Labute approximate surface area is 208 Å². The molecule has 2 heterocycles. The van der Waals surface area contributed by atoms with Crippen molar-refractivity contribution < 1.29 is 18.7 Å². The van der Waals surface area contributed by atoms with Gasteiger partial charge in [0.25, 0.3) is 5.91 Å². The molecule has 3 atom stereocenters. The van der Waals surface area contributed by atoms with E-state index in [1.54, 1.807) is 7.11 Å². The highest BCUT2D eigenvalue weighted by Crippen LogP contribution is 2.51. The Morgan fingerprint density at radius 3 is 2.80 bits per heavy atom. The van der Waals surface area contributed by atoms with Gasteiger partial charge in [-0.1, -0.05) is 17.7 Å². The van der Waals surface area contributed by atoms with E-state index in [0.717, 1.165) is 43.7 Å². The zero-order valence-corrected chi connectivity index (χ0v) is 20.0. The minimum atomic E-state index is -0.603. The van der Waals surface area contributed by atoms with Crippen LogP contribution in [0.1, 0.15) is 47.7 Å². The molecular weight excluding hydrogens is 471 g/mol. The highest BCUT2D eigenvalue weighted by Gasteiger charge is 2.43. The molecule has 1 aliphatic carbocycles. The van der Waals surface area contributed by atoms with Gasteiger partial charge in [-0.2, -0.15) is 0 Å². The third-order valence-electron chi connectivity index (χ3n) is 6.47. The first kappa shape index (κ1) is 23.5. The minimum Gasteiger partial charge on any atom is -0.497 e. The molecule has 5 rings (SSSR count). The minimum absolute atomic E-state index is 0.0581. The highest BCUT2D eigenvalue weighted by molar-refractivity contribution is 6.34. The lowest BCUT2D eigenvalue weighted by Crippen LogP contribution is -2.18. The molecule has 182 valence electrons. The molecule has 1 aromatic heterocycles. The molecule has 1 amide bonds. The van der Waals surface area contributed by atoms with Crippen LogP contribution >= 0.6 is 11.6 Å². The number of para-hydroxylation sites is 1. The monoisotopic (exact) mass is 496 g/mol. The summed E-state index contributed by atoms with van der Waals surface area (Å²) in [5, 5.41) is 5.91. The Balaban J connectivity index is 1.40. The molecule has 2 N–H and O–H groups in total. The van der Waals surface area contributed by atoms with E-state index in [-0.39, 0.29) is 22.7 Å². The van der Waals surface area contributed by atoms with Gasteiger partial charge in [0.05, 0.1) is 35.2 Å². The number of carbonyl (C=O) groups is 1. The van der Waals surface area contributed by atoms with E-state index in [1.807, 2.05) is 24.3 Å². The number of aromatic nitrogens is 2. The van der Waals surface area contributed by atoms with Crippen LogP contribution in [0.4, 0.5) is 21.7 Å². The lowest BCUT2D eigenvalue weighted by molar-refractivity contribution is 0.0990. The van der Waals surface area contributed by atoms with E-state index >= 15 is 0 Å². The zero-order valence-electron chi connectivity index (χ0n) is 19.3. The molecule has 7 nitrogen and oxygen atoms in total. The summed E-state index contributed by atoms with van der Waals surface area (Å²) in [7, 11) is 1.61.